The molecule has 1 aliphatic rings. The molecule has 0 aromatic heterocycles. The maximum atomic E-state index is 12.0. The highest BCUT2D eigenvalue weighted by atomic mass is 16.5. The van der Waals surface area contributed by atoms with Crippen LogP contribution in [0.25, 0.3) is 0 Å². The highest BCUT2D eigenvalue weighted by molar-refractivity contribution is 5.94. The summed E-state index contributed by atoms with van der Waals surface area (Å²) in [4.78, 5) is 22.7. The Kier molecular flexibility index (Phi) is 4.16. The summed E-state index contributed by atoms with van der Waals surface area (Å²) >= 11 is 0. The Morgan fingerprint density at radius 1 is 1.47 bits per heavy atom. The summed E-state index contributed by atoms with van der Waals surface area (Å²) < 4.78 is 5.20. The molecule has 0 saturated heterocycles. The first kappa shape index (κ1) is 13.5. The molecular weight excluding hydrogens is 246 g/mol. The molecule has 0 bridgehead atoms. The Hall–Kier alpha value is -1.88. The van der Waals surface area contributed by atoms with Gasteiger partial charge in [-0.15, -0.1) is 0 Å². The van der Waals surface area contributed by atoms with Crippen molar-refractivity contribution in [3.8, 4) is 0 Å². The van der Waals surface area contributed by atoms with Crippen LogP contribution >= 0.6 is 0 Å². The lowest BCUT2D eigenvalue weighted by Gasteiger charge is -2.14. The predicted molar refractivity (Wildman–Crippen MR) is 69.9 cm³/mol. The van der Waals surface area contributed by atoms with Crippen molar-refractivity contribution in [2.45, 2.75) is 25.4 Å². The molecule has 1 aliphatic carbocycles. The van der Waals surface area contributed by atoms with Crippen LogP contribution in [0.3, 0.4) is 0 Å². The van der Waals surface area contributed by atoms with Crippen LogP contribution in [0.15, 0.2) is 24.3 Å². The van der Waals surface area contributed by atoms with E-state index in [0.29, 0.717) is 17.2 Å². The second-order valence-electron chi connectivity index (χ2n) is 4.75. The maximum Gasteiger partial charge on any atom is 0.307 e. The number of carboxylic acid groups (broad SMARTS) is 1. The number of anilines is 1. The Morgan fingerprint density at radius 2 is 2.21 bits per heavy atom. The van der Waals surface area contributed by atoms with E-state index in [1.165, 1.54) is 7.11 Å². The number of methoxy groups -OCH3 is 1. The summed E-state index contributed by atoms with van der Waals surface area (Å²) in [5, 5.41) is 11.5. The fourth-order valence-electron chi connectivity index (χ4n) is 2.06. The third kappa shape index (κ3) is 3.79. The quantitative estimate of drug-likeness (QED) is 0.818. The first-order valence-corrected chi connectivity index (χ1v) is 6.24. The topological polar surface area (TPSA) is 75.6 Å². The molecule has 0 heterocycles. The van der Waals surface area contributed by atoms with E-state index in [1.807, 2.05) is 0 Å². The molecule has 5 heteroatoms. The standard InChI is InChI=1S/C14H17NO4/c1-19-13(10-5-6-10)14(18)15-11-4-2-3-9(7-11)8-12(16)17/h2-4,7,10,13H,5-6,8H2,1H3,(H,15,18)(H,16,17). The van der Waals surface area contributed by atoms with Crippen LogP contribution in [0.4, 0.5) is 5.69 Å². The van der Waals surface area contributed by atoms with Gasteiger partial charge in [0.05, 0.1) is 6.42 Å². The molecule has 2 rings (SSSR count). The van der Waals surface area contributed by atoms with E-state index >= 15 is 0 Å². The van der Waals surface area contributed by atoms with Gasteiger partial charge in [0.15, 0.2) is 0 Å². The molecular formula is C14H17NO4. The molecule has 19 heavy (non-hydrogen) atoms. The molecule has 1 fully saturated rings. The minimum Gasteiger partial charge on any atom is -0.481 e. The third-order valence-corrected chi connectivity index (χ3v) is 3.11. The van der Waals surface area contributed by atoms with Crippen molar-refractivity contribution in [1.29, 1.82) is 0 Å². The van der Waals surface area contributed by atoms with E-state index in [0.717, 1.165) is 12.8 Å². The molecule has 0 spiro atoms. The fraction of sp³-hybridized carbons (Fsp3) is 0.429. The monoisotopic (exact) mass is 263 g/mol. The minimum absolute atomic E-state index is 0.0555. The Bertz CT molecular complexity index is 482. The number of rotatable bonds is 6. The van der Waals surface area contributed by atoms with Gasteiger partial charge < -0.3 is 15.2 Å². The van der Waals surface area contributed by atoms with E-state index in [1.54, 1.807) is 24.3 Å². The zero-order valence-electron chi connectivity index (χ0n) is 10.8. The number of benzene rings is 1. The molecule has 0 aliphatic heterocycles. The van der Waals surface area contributed by atoms with Crippen LogP contribution in [0, 0.1) is 5.92 Å². The lowest BCUT2D eigenvalue weighted by atomic mass is 10.1. The molecule has 5 nitrogen and oxygen atoms in total. The van der Waals surface area contributed by atoms with Crippen molar-refractivity contribution in [2.75, 3.05) is 12.4 Å². The molecule has 2 N–H and O–H groups in total. The number of carbonyl (C=O) groups is 2. The number of carboxylic acids is 1. The smallest absolute Gasteiger partial charge is 0.307 e. The summed E-state index contributed by atoms with van der Waals surface area (Å²) in [5.74, 6) is -0.749. The summed E-state index contributed by atoms with van der Waals surface area (Å²) in [7, 11) is 1.53. The van der Waals surface area contributed by atoms with Gasteiger partial charge in [-0.1, -0.05) is 12.1 Å². The van der Waals surface area contributed by atoms with E-state index < -0.39 is 12.1 Å². The molecule has 0 radical (unpaired) electrons. The highest BCUT2D eigenvalue weighted by Gasteiger charge is 2.36. The number of nitrogens with one attached hydrogen (secondary N) is 1. The molecule has 1 aromatic rings. The summed E-state index contributed by atoms with van der Waals surface area (Å²) in [6, 6.07) is 6.86. The van der Waals surface area contributed by atoms with Crippen molar-refractivity contribution >= 4 is 17.6 Å². The first-order chi connectivity index (χ1) is 9.10. The number of aliphatic carboxylic acids is 1. The number of carbonyl (C=O) groups excluding carboxylic acids is 1. The van der Waals surface area contributed by atoms with E-state index in [2.05, 4.69) is 5.32 Å². The summed E-state index contributed by atoms with van der Waals surface area (Å²) in [5.41, 5.74) is 1.26. The van der Waals surface area contributed by atoms with Crippen molar-refractivity contribution < 1.29 is 19.4 Å². The average Bonchev–Trinajstić information content (AvgIpc) is 3.14. The van der Waals surface area contributed by atoms with Gasteiger partial charge in [0.1, 0.15) is 6.10 Å². The van der Waals surface area contributed by atoms with Crippen LogP contribution in [-0.2, 0) is 20.7 Å². The molecule has 1 unspecified atom stereocenters. The number of ether oxygens (including phenoxy) is 1. The van der Waals surface area contributed by atoms with Gasteiger partial charge in [-0.25, -0.2) is 0 Å². The Balaban J connectivity index is 2.01. The van der Waals surface area contributed by atoms with Crippen molar-refractivity contribution in [3.63, 3.8) is 0 Å². The molecule has 1 amide bonds. The van der Waals surface area contributed by atoms with Crippen LogP contribution in [0.2, 0.25) is 0 Å². The maximum absolute atomic E-state index is 12.0. The lowest BCUT2D eigenvalue weighted by Crippen LogP contribution is -2.31. The largest absolute Gasteiger partial charge is 0.481 e. The first-order valence-electron chi connectivity index (χ1n) is 6.24. The van der Waals surface area contributed by atoms with E-state index in [-0.39, 0.29) is 12.3 Å². The number of amides is 1. The van der Waals surface area contributed by atoms with Gasteiger partial charge in [-0.05, 0) is 36.5 Å². The normalized spacial score (nSPS) is 15.8. The van der Waals surface area contributed by atoms with E-state index in [4.69, 9.17) is 9.84 Å². The molecule has 1 atom stereocenters. The van der Waals surface area contributed by atoms with Gasteiger partial charge in [-0.3, -0.25) is 9.59 Å². The summed E-state index contributed by atoms with van der Waals surface area (Å²) in [6.07, 6.45) is 1.57. The molecule has 1 aromatic carbocycles. The summed E-state index contributed by atoms with van der Waals surface area (Å²) in [6.45, 7) is 0. The van der Waals surface area contributed by atoms with Gasteiger partial charge in [-0.2, -0.15) is 0 Å². The zero-order valence-corrected chi connectivity index (χ0v) is 10.8. The van der Waals surface area contributed by atoms with Gasteiger partial charge >= 0.3 is 5.97 Å². The highest BCUT2D eigenvalue weighted by Crippen LogP contribution is 2.34. The average molecular weight is 263 g/mol. The minimum atomic E-state index is -0.892. The van der Waals surface area contributed by atoms with Gasteiger partial charge in [0.25, 0.3) is 5.91 Å². The van der Waals surface area contributed by atoms with Crippen molar-refractivity contribution in [1.82, 2.24) is 0 Å². The Labute approximate surface area is 111 Å². The Morgan fingerprint density at radius 3 is 2.79 bits per heavy atom. The van der Waals surface area contributed by atoms with Crippen LogP contribution in [0.1, 0.15) is 18.4 Å². The van der Waals surface area contributed by atoms with Crippen molar-refractivity contribution in [2.24, 2.45) is 5.92 Å². The molecule has 1 saturated carbocycles. The van der Waals surface area contributed by atoms with E-state index in [9.17, 15) is 9.59 Å². The van der Waals surface area contributed by atoms with Crippen LogP contribution in [-0.4, -0.2) is 30.2 Å². The number of hydrogen-bond acceptors (Lipinski definition) is 3. The second kappa shape index (κ2) is 5.84. The zero-order chi connectivity index (χ0) is 13.8. The fourth-order valence-corrected chi connectivity index (χ4v) is 2.06. The molecule has 102 valence electrons. The number of hydrogen-bond donors (Lipinski definition) is 2. The van der Waals surface area contributed by atoms with Gasteiger partial charge in [0.2, 0.25) is 0 Å². The van der Waals surface area contributed by atoms with Gasteiger partial charge in [0, 0.05) is 12.8 Å². The van der Waals surface area contributed by atoms with Crippen molar-refractivity contribution in [3.05, 3.63) is 29.8 Å². The third-order valence-electron chi connectivity index (χ3n) is 3.11. The lowest BCUT2D eigenvalue weighted by molar-refractivity contribution is -0.136. The van der Waals surface area contributed by atoms with Crippen LogP contribution in [0.5, 0.6) is 0 Å². The second-order valence-corrected chi connectivity index (χ2v) is 4.75. The van der Waals surface area contributed by atoms with Crippen LogP contribution < -0.4 is 5.32 Å². The SMILES string of the molecule is COC(C(=O)Nc1cccc(CC(=O)O)c1)C1CC1. The predicted octanol–water partition coefficient (Wildman–Crippen LogP) is 1.68.